The van der Waals surface area contributed by atoms with Crippen molar-refractivity contribution in [2.45, 2.75) is 26.7 Å². The van der Waals surface area contributed by atoms with E-state index in [1.807, 2.05) is 6.07 Å². The fraction of sp³-hybridized carbons (Fsp3) is 0.333. The van der Waals surface area contributed by atoms with Gasteiger partial charge in [-0.2, -0.15) is 10.4 Å². The molecule has 2 N–H and O–H groups in total. The SMILES string of the molecule is Cc1[nH]c(=O)c(C#N)c(C)c1CCC(=O)Nc1cnn(C)c1. The highest BCUT2D eigenvalue weighted by Gasteiger charge is 2.13. The molecule has 2 aromatic rings. The number of amides is 1. The number of pyridine rings is 1. The zero-order valence-corrected chi connectivity index (χ0v) is 12.7. The lowest BCUT2D eigenvalue weighted by molar-refractivity contribution is -0.116. The van der Waals surface area contributed by atoms with Crippen LogP contribution in [0.25, 0.3) is 0 Å². The lowest BCUT2D eigenvalue weighted by Gasteiger charge is -2.10. The Labute approximate surface area is 127 Å². The van der Waals surface area contributed by atoms with Gasteiger partial charge in [0.2, 0.25) is 5.91 Å². The van der Waals surface area contributed by atoms with Crippen LogP contribution in [0.2, 0.25) is 0 Å². The van der Waals surface area contributed by atoms with Crippen molar-refractivity contribution in [3.8, 4) is 6.07 Å². The molecule has 2 aromatic heterocycles. The fourth-order valence-electron chi connectivity index (χ4n) is 2.37. The van der Waals surface area contributed by atoms with E-state index in [4.69, 9.17) is 5.26 Å². The summed E-state index contributed by atoms with van der Waals surface area (Å²) in [6.45, 7) is 3.50. The number of H-pyrrole nitrogens is 1. The first-order valence-corrected chi connectivity index (χ1v) is 6.83. The number of carbonyl (C=O) groups excluding carboxylic acids is 1. The molecule has 0 aliphatic heterocycles. The molecule has 22 heavy (non-hydrogen) atoms. The van der Waals surface area contributed by atoms with Gasteiger partial charge in [0.15, 0.2) is 0 Å². The van der Waals surface area contributed by atoms with Crippen LogP contribution in [-0.2, 0) is 18.3 Å². The van der Waals surface area contributed by atoms with Gasteiger partial charge >= 0.3 is 0 Å². The minimum Gasteiger partial charge on any atom is -0.325 e. The van der Waals surface area contributed by atoms with Gasteiger partial charge in [-0.3, -0.25) is 14.3 Å². The predicted octanol–water partition coefficient (Wildman–Crippen LogP) is 1.17. The first-order valence-electron chi connectivity index (χ1n) is 6.83. The van der Waals surface area contributed by atoms with E-state index in [0.29, 0.717) is 23.4 Å². The van der Waals surface area contributed by atoms with Gasteiger partial charge in [0.1, 0.15) is 11.6 Å². The second-order valence-electron chi connectivity index (χ2n) is 5.12. The van der Waals surface area contributed by atoms with Crippen LogP contribution in [-0.4, -0.2) is 20.7 Å². The molecule has 2 heterocycles. The molecule has 0 aliphatic carbocycles. The summed E-state index contributed by atoms with van der Waals surface area (Å²) >= 11 is 0. The number of aromatic nitrogens is 3. The van der Waals surface area contributed by atoms with E-state index in [1.165, 1.54) is 0 Å². The Kier molecular flexibility index (Phi) is 4.41. The molecule has 0 saturated heterocycles. The van der Waals surface area contributed by atoms with Crippen molar-refractivity contribution >= 4 is 11.6 Å². The third-order valence-electron chi connectivity index (χ3n) is 3.51. The zero-order chi connectivity index (χ0) is 16.3. The van der Waals surface area contributed by atoms with Crippen molar-refractivity contribution in [1.82, 2.24) is 14.8 Å². The summed E-state index contributed by atoms with van der Waals surface area (Å²) in [5.41, 5.74) is 2.51. The number of nitriles is 1. The number of rotatable bonds is 4. The molecule has 0 radical (unpaired) electrons. The Morgan fingerprint density at radius 2 is 2.23 bits per heavy atom. The van der Waals surface area contributed by atoms with Gasteiger partial charge in [-0.05, 0) is 31.4 Å². The summed E-state index contributed by atoms with van der Waals surface area (Å²) in [5.74, 6) is -0.142. The topological polar surface area (TPSA) is 104 Å². The Morgan fingerprint density at radius 3 is 2.82 bits per heavy atom. The van der Waals surface area contributed by atoms with Gasteiger partial charge in [-0.25, -0.2) is 0 Å². The first kappa shape index (κ1) is 15.5. The molecule has 7 nitrogen and oxygen atoms in total. The van der Waals surface area contributed by atoms with E-state index in [-0.39, 0.29) is 23.5 Å². The quantitative estimate of drug-likeness (QED) is 0.884. The van der Waals surface area contributed by atoms with Crippen LogP contribution >= 0.6 is 0 Å². The van der Waals surface area contributed by atoms with E-state index in [1.54, 1.807) is 38.0 Å². The van der Waals surface area contributed by atoms with E-state index in [2.05, 4.69) is 15.4 Å². The van der Waals surface area contributed by atoms with Crippen molar-refractivity contribution in [3.05, 3.63) is 45.1 Å². The van der Waals surface area contributed by atoms with Crippen LogP contribution < -0.4 is 10.9 Å². The monoisotopic (exact) mass is 299 g/mol. The highest BCUT2D eigenvalue weighted by atomic mass is 16.1. The van der Waals surface area contributed by atoms with Crippen LogP contribution in [0, 0.1) is 25.2 Å². The molecular formula is C15H17N5O2. The minimum absolute atomic E-state index is 0.105. The smallest absolute Gasteiger partial charge is 0.266 e. The third kappa shape index (κ3) is 3.23. The Morgan fingerprint density at radius 1 is 1.50 bits per heavy atom. The summed E-state index contributed by atoms with van der Waals surface area (Å²) in [5, 5.41) is 15.8. The summed E-state index contributed by atoms with van der Waals surface area (Å²) in [7, 11) is 1.77. The number of nitrogens with zero attached hydrogens (tertiary/aromatic N) is 3. The normalized spacial score (nSPS) is 10.3. The van der Waals surface area contributed by atoms with Gasteiger partial charge in [0.25, 0.3) is 5.56 Å². The summed E-state index contributed by atoms with van der Waals surface area (Å²) in [4.78, 5) is 26.3. The first-order chi connectivity index (χ1) is 10.4. The van der Waals surface area contributed by atoms with Crippen molar-refractivity contribution in [2.75, 3.05) is 5.32 Å². The summed E-state index contributed by atoms with van der Waals surface area (Å²) in [6.07, 6.45) is 3.99. The van der Waals surface area contributed by atoms with Crippen LogP contribution in [0.3, 0.4) is 0 Å². The fourth-order valence-corrected chi connectivity index (χ4v) is 2.37. The average Bonchev–Trinajstić information content (AvgIpc) is 2.83. The van der Waals surface area contributed by atoms with E-state index in [0.717, 1.165) is 5.56 Å². The average molecular weight is 299 g/mol. The van der Waals surface area contributed by atoms with Crippen molar-refractivity contribution in [1.29, 1.82) is 5.26 Å². The maximum absolute atomic E-state index is 12.0. The lowest BCUT2D eigenvalue weighted by Crippen LogP contribution is -2.18. The molecule has 2 rings (SSSR count). The van der Waals surface area contributed by atoms with Gasteiger partial charge < -0.3 is 10.3 Å². The Hall–Kier alpha value is -2.88. The van der Waals surface area contributed by atoms with E-state index in [9.17, 15) is 9.59 Å². The second-order valence-corrected chi connectivity index (χ2v) is 5.12. The largest absolute Gasteiger partial charge is 0.325 e. The van der Waals surface area contributed by atoms with E-state index < -0.39 is 0 Å². The maximum Gasteiger partial charge on any atom is 0.266 e. The third-order valence-corrected chi connectivity index (χ3v) is 3.51. The minimum atomic E-state index is -0.388. The van der Waals surface area contributed by atoms with Crippen LogP contribution in [0.5, 0.6) is 0 Å². The number of anilines is 1. The number of hydrogen-bond donors (Lipinski definition) is 2. The summed E-state index contributed by atoms with van der Waals surface area (Å²) in [6, 6.07) is 1.91. The highest BCUT2D eigenvalue weighted by Crippen LogP contribution is 2.15. The number of aryl methyl sites for hydroxylation is 2. The Balaban J connectivity index is 2.10. The molecule has 0 aliphatic rings. The van der Waals surface area contributed by atoms with Crippen LogP contribution in [0.4, 0.5) is 5.69 Å². The predicted molar refractivity (Wildman–Crippen MR) is 81.4 cm³/mol. The van der Waals surface area contributed by atoms with Crippen molar-refractivity contribution < 1.29 is 4.79 Å². The van der Waals surface area contributed by atoms with Gasteiger partial charge in [0.05, 0.1) is 11.9 Å². The number of nitrogens with one attached hydrogen (secondary N) is 2. The molecule has 0 bridgehead atoms. The molecule has 7 heteroatoms. The number of aromatic amines is 1. The van der Waals surface area contributed by atoms with Crippen LogP contribution in [0.15, 0.2) is 17.2 Å². The van der Waals surface area contributed by atoms with Gasteiger partial charge in [0, 0.05) is 25.4 Å². The summed E-state index contributed by atoms with van der Waals surface area (Å²) < 4.78 is 1.60. The van der Waals surface area contributed by atoms with Gasteiger partial charge in [-0.15, -0.1) is 0 Å². The molecular weight excluding hydrogens is 282 g/mol. The molecule has 1 amide bonds. The molecule has 0 aromatic carbocycles. The number of hydrogen-bond acceptors (Lipinski definition) is 4. The number of carbonyl (C=O) groups is 1. The zero-order valence-electron chi connectivity index (χ0n) is 12.7. The van der Waals surface area contributed by atoms with Crippen LogP contribution in [0.1, 0.15) is 28.8 Å². The molecule has 0 unspecified atom stereocenters. The molecule has 0 saturated carbocycles. The van der Waals surface area contributed by atoms with Gasteiger partial charge in [-0.1, -0.05) is 0 Å². The molecule has 0 spiro atoms. The van der Waals surface area contributed by atoms with Crippen molar-refractivity contribution in [2.24, 2.45) is 7.05 Å². The second kappa shape index (κ2) is 6.26. The Bertz CT molecular complexity index is 810. The maximum atomic E-state index is 12.0. The lowest BCUT2D eigenvalue weighted by atomic mass is 9.99. The molecule has 0 fully saturated rings. The van der Waals surface area contributed by atoms with Crippen molar-refractivity contribution in [3.63, 3.8) is 0 Å². The van der Waals surface area contributed by atoms with E-state index >= 15 is 0 Å². The highest BCUT2D eigenvalue weighted by molar-refractivity contribution is 5.90. The standard InChI is InChI=1S/C15H17N5O2/c1-9-12(10(2)18-15(22)13(9)6-16)4-5-14(21)19-11-7-17-20(3)8-11/h7-8H,4-5H2,1-3H3,(H,18,22)(H,19,21). The molecule has 0 atom stereocenters. The molecule has 114 valence electrons.